The number of azo groups is 1. The Kier molecular flexibility index (Phi) is 4.27. The van der Waals surface area contributed by atoms with Crippen LogP contribution in [0.25, 0.3) is 16.2 Å². The van der Waals surface area contributed by atoms with Crippen molar-refractivity contribution in [3.63, 3.8) is 0 Å². The average molecular weight is 378 g/mol. The van der Waals surface area contributed by atoms with Gasteiger partial charge in [-0.1, -0.05) is 30.3 Å². The molecule has 0 radical (unpaired) electrons. The number of aromatic hydroxyl groups is 1. The van der Waals surface area contributed by atoms with Gasteiger partial charge in [-0.2, -0.15) is 4.40 Å². The Morgan fingerprint density at radius 1 is 1.04 bits per heavy atom. The second kappa shape index (κ2) is 6.89. The van der Waals surface area contributed by atoms with Crippen LogP contribution in [0, 0.1) is 10.1 Å². The molecule has 0 bridgehead atoms. The Morgan fingerprint density at radius 3 is 2.48 bits per heavy atom. The van der Waals surface area contributed by atoms with Gasteiger partial charge < -0.3 is 5.11 Å². The fraction of sp³-hybridized carbons (Fsp3) is 0. The summed E-state index contributed by atoms with van der Waals surface area (Å²) < 4.78 is 1.53. The standard InChI is InChI=1S/C18H11N5O3S/c24-17-16(21-20-13-6-8-14(9-7-13)23(25)26)27-18-19-15(10-11-22(17)18)12-4-2-1-3-5-12/h1-11H/p+1. The zero-order valence-electron chi connectivity index (χ0n) is 13.8. The number of nitro benzene ring substituents is 1. The molecule has 8 nitrogen and oxygen atoms in total. The van der Waals surface area contributed by atoms with E-state index in [9.17, 15) is 15.2 Å². The zero-order chi connectivity index (χ0) is 18.8. The monoisotopic (exact) mass is 378 g/mol. The van der Waals surface area contributed by atoms with Crippen molar-refractivity contribution >= 4 is 32.7 Å². The van der Waals surface area contributed by atoms with Crippen LogP contribution in [0.15, 0.2) is 77.1 Å². The minimum atomic E-state index is -0.481. The SMILES string of the molecule is O=[N+]([O-])c1ccc(N=Nc2sc3nc(-c4ccccc4)cc[n+]3c2O)cc1. The highest BCUT2D eigenvalue weighted by atomic mass is 32.1. The van der Waals surface area contributed by atoms with Crippen molar-refractivity contribution in [2.45, 2.75) is 0 Å². The van der Waals surface area contributed by atoms with Gasteiger partial charge in [0.1, 0.15) is 6.20 Å². The van der Waals surface area contributed by atoms with Crippen molar-refractivity contribution in [3.8, 4) is 17.1 Å². The first-order chi connectivity index (χ1) is 13.1. The molecule has 2 aromatic heterocycles. The van der Waals surface area contributed by atoms with Crippen LogP contribution in [0.5, 0.6) is 5.88 Å². The molecule has 0 aliphatic rings. The summed E-state index contributed by atoms with van der Waals surface area (Å²) in [5.74, 6) is -0.0622. The van der Waals surface area contributed by atoms with Gasteiger partial charge in [0.2, 0.25) is 5.00 Å². The normalized spacial score (nSPS) is 11.3. The van der Waals surface area contributed by atoms with Crippen LogP contribution >= 0.6 is 11.3 Å². The predicted molar refractivity (Wildman–Crippen MR) is 99.6 cm³/mol. The Bertz CT molecular complexity index is 1160. The highest BCUT2D eigenvalue weighted by Crippen LogP contribution is 2.33. The Morgan fingerprint density at radius 2 is 1.78 bits per heavy atom. The number of fused-ring (bicyclic) bond motifs is 1. The molecule has 0 saturated carbocycles. The smallest absolute Gasteiger partial charge is 0.392 e. The molecule has 0 atom stereocenters. The maximum Gasteiger partial charge on any atom is 0.392 e. The summed E-state index contributed by atoms with van der Waals surface area (Å²) in [7, 11) is 0. The Labute approximate surface area is 156 Å². The summed E-state index contributed by atoms with van der Waals surface area (Å²) in [5.41, 5.74) is 2.19. The van der Waals surface area contributed by atoms with Gasteiger partial charge in [0.15, 0.2) is 5.69 Å². The molecule has 27 heavy (non-hydrogen) atoms. The molecule has 4 rings (SSSR count). The van der Waals surface area contributed by atoms with Gasteiger partial charge in [0.25, 0.3) is 5.69 Å². The average Bonchev–Trinajstić information content (AvgIpc) is 3.02. The fourth-order valence-electron chi connectivity index (χ4n) is 2.45. The van der Waals surface area contributed by atoms with E-state index in [1.165, 1.54) is 40.0 Å². The molecule has 0 amide bonds. The van der Waals surface area contributed by atoms with Crippen molar-refractivity contribution < 1.29 is 14.4 Å². The molecule has 0 unspecified atom stereocenters. The van der Waals surface area contributed by atoms with Crippen molar-refractivity contribution in [3.05, 3.63) is 77.0 Å². The van der Waals surface area contributed by atoms with Gasteiger partial charge in [-0.15, -0.1) is 10.2 Å². The predicted octanol–water partition coefficient (Wildman–Crippen LogP) is 4.58. The molecule has 0 fully saturated rings. The van der Waals surface area contributed by atoms with E-state index < -0.39 is 4.92 Å². The van der Waals surface area contributed by atoms with Gasteiger partial charge in [-0.05, 0) is 28.5 Å². The maximum absolute atomic E-state index is 10.7. The van der Waals surface area contributed by atoms with Gasteiger partial charge in [-0.25, -0.2) is 0 Å². The first-order valence-corrected chi connectivity index (χ1v) is 8.69. The summed E-state index contributed by atoms with van der Waals surface area (Å²) in [5, 5.41) is 29.4. The number of thiazole rings is 1. The lowest BCUT2D eigenvalue weighted by Gasteiger charge is -1.93. The fourth-order valence-corrected chi connectivity index (χ4v) is 3.28. The molecule has 2 aromatic carbocycles. The van der Waals surface area contributed by atoms with Gasteiger partial charge in [-0.3, -0.25) is 10.1 Å². The van der Waals surface area contributed by atoms with Gasteiger partial charge >= 0.3 is 10.8 Å². The van der Waals surface area contributed by atoms with Crippen molar-refractivity contribution in [2.75, 3.05) is 0 Å². The molecule has 0 spiro atoms. The molecule has 2 heterocycles. The second-order valence-corrected chi connectivity index (χ2v) is 6.49. The van der Waals surface area contributed by atoms with Crippen LogP contribution in [0.3, 0.4) is 0 Å². The highest BCUT2D eigenvalue weighted by Gasteiger charge is 2.21. The van der Waals surface area contributed by atoms with E-state index in [2.05, 4.69) is 15.2 Å². The van der Waals surface area contributed by atoms with Gasteiger partial charge in [0.05, 0.1) is 10.6 Å². The molecular formula is C18H12N5O3S+. The number of rotatable bonds is 4. The molecule has 9 heteroatoms. The number of non-ortho nitro benzene ring substituents is 1. The molecule has 1 N–H and O–H groups in total. The van der Waals surface area contributed by atoms with Crippen molar-refractivity contribution in [2.24, 2.45) is 10.2 Å². The summed E-state index contributed by atoms with van der Waals surface area (Å²) in [6.07, 6.45) is 1.72. The van der Waals surface area contributed by atoms with Crippen molar-refractivity contribution in [1.29, 1.82) is 0 Å². The molecule has 0 aliphatic carbocycles. The van der Waals surface area contributed by atoms with E-state index in [0.29, 0.717) is 15.6 Å². The second-order valence-electron chi connectivity index (χ2n) is 5.54. The number of aromatic nitrogens is 2. The van der Waals surface area contributed by atoms with E-state index in [4.69, 9.17) is 0 Å². The number of nitrogens with zero attached hydrogens (tertiary/aromatic N) is 5. The third-order valence-corrected chi connectivity index (χ3v) is 4.73. The third-order valence-electron chi connectivity index (χ3n) is 3.80. The van der Waals surface area contributed by atoms with Crippen LogP contribution in [0.4, 0.5) is 16.4 Å². The number of benzene rings is 2. The van der Waals surface area contributed by atoms with E-state index in [1.807, 2.05) is 36.4 Å². The quantitative estimate of drug-likeness (QED) is 0.243. The number of hydrogen-bond donors (Lipinski definition) is 1. The topological polar surface area (TPSA) is 105 Å². The summed E-state index contributed by atoms with van der Waals surface area (Å²) in [6.45, 7) is 0. The van der Waals surface area contributed by atoms with Crippen molar-refractivity contribution in [1.82, 2.24) is 4.98 Å². The van der Waals surface area contributed by atoms with E-state index in [-0.39, 0.29) is 11.6 Å². The number of nitro groups is 1. The first-order valence-electron chi connectivity index (χ1n) is 7.87. The largest absolute Gasteiger partial charge is 0.475 e. The maximum atomic E-state index is 10.7. The molecule has 132 valence electrons. The van der Waals surface area contributed by atoms with Crippen LogP contribution in [0.1, 0.15) is 0 Å². The minimum absolute atomic E-state index is 0.0214. The Balaban J connectivity index is 1.66. The number of hydrogen-bond acceptors (Lipinski definition) is 7. The molecule has 0 saturated heterocycles. The van der Waals surface area contributed by atoms with Crippen LogP contribution in [-0.4, -0.2) is 15.0 Å². The lowest BCUT2D eigenvalue weighted by atomic mass is 10.1. The summed E-state index contributed by atoms with van der Waals surface area (Å²) in [4.78, 5) is 15.3. The molecular weight excluding hydrogens is 366 g/mol. The third kappa shape index (κ3) is 3.35. The lowest BCUT2D eigenvalue weighted by molar-refractivity contribution is -0.519. The molecule has 4 aromatic rings. The van der Waals surface area contributed by atoms with Crippen LogP contribution < -0.4 is 4.40 Å². The summed E-state index contributed by atoms with van der Waals surface area (Å²) in [6, 6.07) is 17.2. The van der Waals surface area contributed by atoms with Crippen LogP contribution in [0.2, 0.25) is 0 Å². The van der Waals surface area contributed by atoms with Gasteiger partial charge in [0, 0.05) is 23.8 Å². The van der Waals surface area contributed by atoms with Crippen LogP contribution in [-0.2, 0) is 0 Å². The highest BCUT2D eigenvalue weighted by molar-refractivity contribution is 7.20. The minimum Gasteiger partial charge on any atom is -0.475 e. The van der Waals surface area contributed by atoms with E-state index in [1.54, 1.807) is 6.20 Å². The summed E-state index contributed by atoms with van der Waals surface area (Å²) >= 11 is 1.19. The Hall–Kier alpha value is -3.72. The molecule has 0 aliphatic heterocycles. The van der Waals surface area contributed by atoms with E-state index >= 15 is 0 Å². The lowest BCUT2D eigenvalue weighted by Crippen LogP contribution is -2.18. The first kappa shape index (κ1) is 16.7. The van der Waals surface area contributed by atoms with E-state index in [0.717, 1.165) is 11.3 Å². The zero-order valence-corrected chi connectivity index (χ0v) is 14.6.